The molecule has 1 heterocycles. The highest BCUT2D eigenvalue weighted by atomic mass is 32.2. The van der Waals surface area contributed by atoms with E-state index in [1.807, 2.05) is 18.7 Å². The molecule has 2 unspecified atom stereocenters. The molecule has 1 aliphatic carbocycles. The summed E-state index contributed by atoms with van der Waals surface area (Å²) in [6, 6.07) is -0.0414. The van der Waals surface area contributed by atoms with Crippen LogP contribution in [-0.4, -0.2) is 52.1 Å². The molecule has 0 aromatic heterocycles. The third-order valence-corrected chi connectivity index (χ3v) is 6.41. The third kappa shape index (κ3) is 3.84. The zero-order chi connectivity index (χ0) is 15.5. The summed E-state index contributed by atoms with van der Waals surface area (Å²) < 4.78 is 0.207. The van der Waals surface area contributed by atoms with E-state index >= 15 is 0 Å². The largest absolute Gasteiger partial charge is 0.481 e. The van der Waals surface area contributed by atoms with Crippen molar-refractivity contribution in [3.63, 3.8) is 0 Å². The molecule has 1 aliphatic heterocycles. The molecule has 120 valence electrons. The zero-order valence-electron chi connectivity index (χ0n) is 12.9. The first-order chi connectivity index (χ1) is 9.97. The Kier molecular flexibility index (Phi) is 5.41. The average Bonchev–Trinajstić information content (AvgIpc) is 2.94. The van der Waals surface area contributed by atoms with Gasteiger partial charge in [-0.05, 0) is 38.9 Å². The number of carbonyl (C=O) groups is 2. The van der Waals surface area contributed by atoms with Crippen molar-refractivity contribution in [1.29, 1.82) is 0 Å². The Labute approximate surface area is 130 Å². The maximum absolute atomic E-state index is 12.4. The summed E-state index contributed by atoms with van der Waals surface area (Å²) in [6.07, 6.45) is 8.07. The van der Waals surface area contributed by atoms with Gasteiger partial charge < -0.3 is 15.3 Å². The van der Waals surface area contributed by atoms with Crippen LogP contribution in [0.5, 0.6) is 0 Å². The molecule has 2 N–H and O–H groups in total. The molecular weight excluding hydrogens is 288 g/mol. The average molecular weight is 314 g/mol. The fraction of sp³-hybridized carbons (Fsp3) is 0.867. The lowest BCUT2D eigenvalue weighted by atomic mass is 9.92. The summed E-state index contributed by atoms with van der Waals surface area (Å²) in [4.78, 5) is 25.2. The number of piperidine rings is 1. The lowest BCUT2D eigenvalue weighted by Crippen LogP contribution is -2.52. The molecule has 2 fully saturated rings. The molecule has 2 amide bonds. The van der Waals surface area contributed by atoms with Gasteiger partial charge in [-0.2, -0.15) is 11.8 Å². The van der Waals surface area contributed by atoms with E-state index in [2.05, 4.69) is 11.6 Å². The van der Waals surface area contributed by atoms with E-state index in [0.717, 1.165) is 6.54 Å². The van der Waals surface area contributed by atoms with E-state index < -0.39 is 5.97 Å². The van der Waals surface area contributed by atoms with Crippen molar-refractivity contribution in [2.75, 3.05) is 19.3 Å². The van der Waals surface area contributed by atoms with Gasteiger partial charge in [0.1, 0.15) is 0 Å². The molecule has 0 bridgehead atoms. The van der Waals surface area contributed by atoms with Crippen LogP contribution in [0.1, 0.15) is 45.4 Å². The minimum absolute atomic E-state index is 0.00587. The van der Waals surface area contributed by atoms with Crippen molar-refractivity contribution in [2.45, 2.75) is 56.2 Å². The normalized spacial score (nSPS) is 28.4. The third-order valence-electron chi connectivity index (χ3n) is 5.00. The number of urea groups is 1. The highest BCUT2D eigenvalue weighted by Gasteiger charge is 2.36. The maximum atomic E-state index is 12.4. The molecule has 6 heteroatoms. The molecule has 2 aliphatic rings. The predicted molar refractivity (Wildman–Crippen MR) is 84.6 cm³/mol. The minimum Gasteiger partial charge on any atom is -0.481 e. The van der Waals surface area contributed by atoms with Crippen molar-refractivity contribution < 1.29 is 14.7 Å². The van der Waals surface area contributed by atoms with Crippen molar-refractivity contribution in [3.05, 3.63) is 0 Å². The van der Waals surface area contributed by atoms with Gasteiger partial charge in [-0.15, -0.1) is 0 Å². The summed E-state index contributed by atoms with van der Waals surface area (Å²) in [7, 11) is 0. The Bertz CT molecular complexity index is 396. The summed E-state index contributed by atoms with van der Waals surface area (Å²) in [5, 5.41) is 12.2. The standard InChI is InChI=1S/C15H26N2O3S/c1-11-9-12(13(18)19)5-8-17(11)14(20)16-10-15(21-2)6-3-4-7-15/h11-12H,3-10H2,1-2H3,(H,16,20)(H,18,19). The molecule has 21 heavy (non-hydrogen) atoms. The Balaban J connectivity index is 1.85. The quantitative estimate of drug-likeness (QED) is 0.837. The molecule has 0 aromatic carbocycles. The SMILES string of the molecule is CSC1(CNC(=O)N2CCC(C(=O)O)CC2C)CCCC1. The van der Waals surface area contributed by atoms with Gasteiger partial charge >= 0.3 is 12.0 Å². The summed E-state index contributed by atoms with van der Waals surface area (Å²) in [5.74, 6) is -1.05. The van der Waals surface area contributed by atoms with Crippen molar-refractivity contribution in [1.82, 2.24) is 10.2 Å². The summed E-state index contributed by atoms with van der Waals surface area (Å²) in [5.41, 5.74) is 0. The second kappa shape index (κ2) is 6.90. The van der Waals surface area contributed by atoms with E-state index in [0.29, 0.717) is 19.4 Å². The lowest BCUT2D eigenvalue weighted by molar-refractivity contribution is -0.143. The van der Waals surface area contributed by atoms with Gasteiger partial charge in [0.15, 0.2) is 0 Å². The lowest BCUT2D eigenvalue weighted by Gasteiger charge is -2.37. The first-order valence-corrected chi connectivity index (χ1v) is 9.02. The molecule has 1 saturated carbocycles. The molecule has 0 spiro atoms. The van der Waals surface area contributed by atoms with Crippen LogP contribution in [0.2, 0.25) is 0 Å². The summed E-state index contributed by atoms with van der Waals surface area (Å²) >= 11 is 1.86. The fourth-order valence-corrected chi connectivity index (χ4v) is 4.42. The Morgan fingerprint density at radius 3 is 2.57 bits per heavy atom. The number of hydrogen-bond donors (Lipinski definition) is 2. The minimum atomic E-state index is -0.741. The van der Waals surface area contributed by atoms with Gasteiger partial charge in [-0.1, -0.05) is 12.8 Å². The van der Waals surface area contributed by atoms with E-state index in [1.165, 1.54) is 25.7 Å². The van der Waals surface area contributed by atoms with E-state index in [-0.39, 0.29) is 22.7 Å². The number of amides is 2. The van der Waals surface area contributed by atoms with Gasteiger partial charge in [-0.25, -0.2) is 4.79 Å². The van der Waals surface area contributed by atoms with E-state index in [9.17, 15) is 9.59 Å². The molecule has 0 radical (unpaired) electrons. The van der Waals surface area contributed by atoms with Gasteiger partial charge in [-0.3, -0.25) is 4.79 Å². The van der Waals surface area contributed by atoms with Crippen molar-refractivity contribution in [2.24, 2.45) is 5.92 Å². The Morgan fingerprint density at radius 2 is 2.05 bits per heavy atom. The number of thioether (sulfide) groups is 1. The van der Waals surface area contributed by atoms with Crippen molar-refractivity contribution in [3.8, 4) is 0 Å². The van der Waals surface area contributed by atoms with Crippen molar-refractivity contribution >= 4 is 23.8 Å². The Hall–Kier alpha value is -0.910. The maximum Gasteiger partial charge on any atom is 0.317 e. The van der Waals surface area contributed by atoms with Crippen LogP contribution in [0.15, 0.2) is 0 Å². The van der Waals surface area contributed by atoms with Gasteiger partial charge in [0.25, 0.3) is 0 Å². The number of aliphatic carboxylic acids is 1. The smallest absolute Gasteiger partial charge is 0.317 e. The van der Waals surface area contributed by atoms with Gasteiger partial charge in [0, 0.05) is 23.9 Å². The van der Waals surface area contributed by atoms with Crippen LogP contribution in [0.25, 0.3) is 0 Å². The number of nitrogens with zero attached hydrogens (tertiary/aromatic N) is 1. The van der Waals surface area contributed by atoms with Crippen LogP contribution < -0.4 is 5.32 Å². The Morgan fingerprint density at radius 1 is 1.38 bits per heavy atom. The first kappa shape index (κ1) is 16.5. The fourth-order valence-electron chi connectivity index (χ4n) is 3.51. The summed E-state index contributed by atoms with van der Waals surface area (Å²) in [6.45, 7) is 3.20. The molecular formula is C15H26N2O3S. The predicted octanol–water partition coefficient (Wildman–Crippen LogP) is 2.56. The molecule has 2 rings (SSSR count). The number of carbonyl (C=O) groups excluding carboxylic acids is 1. The number of carboxylic acids is 1. The molecule has 5 nitrogen and oxygen atoms in total. The van der Waals surface area contributed by atoms with Crippen LogP contribution >= 0.6 is 11.8 Å². The number of nitrogens with one attached hydrogen (secondary N) is 1. The molecule has 2 atom stereocenters. The first-order valence-electron chi connectivity index (χ1n) is 7.80. The highest BCUT2D eigenvalue weighted by Crippen LogP contribution is 2.39. The topological polar surface area (TPSA) is 69.6 Å². The zero-order valence-corrected chi connectivity index (χ0v) is 13.7. The van der Waals surface area contributed by atoms with Gasteiger partial charge in [0.05, 0.1) is 5.92 Å². The number of hydrogen-bond acceptors (Lipinski definition) is 3. The van der Waals surface area contributed by atoms with E-state index in [4.69, 9.17) is 5.11 Å². The number of rotatable bonds is 4. The van der Waals surface area contributed by atoms with Crippen LogP contribution in [-0.2, 0) is 4.79 Å². The second-order valence-corrected chi connectivity index (χ2v) is 7.63. The molecule has 0 aromatic rings. The monoisotopic (exact) mass is 314 g/mol. The van der Waals surface area contributed by atoms with E-state index in [1.54, 1.807) is 4.90 Å². The van der Waals surface area contributed by atoms with Crippen LogP contribution in [0.3, 0.4) is 0 Å². The second-order valence-electron chi connectivity index (χ2n) is 6.35. The van der Waals surface area contributed by atoms with Gasteiger partial charge in [0.2, 0.25) is 0 Å². The number of carboxylic acid groups (broad SMARTS) is 1. The molecule has 1 saturated heterocycles. The highest BCUT2D eigenvalue weighted by molar-refractivity contribution is 8.00. The van der Waals surface area contributed by atoms with Crippen LogP contribution in [0.4, 0.5) is 4.79 Å². The van der Waals surface area contributed by atoms with Crippen LogP contribution in [0, 0.1) is 5.92 Å². The number of likely N-dealkylation sites (tertiary alicyclic amines) is 1.